The molecule has 0 radical (unpaired) electrons. The van der Waals surface area contributed by atoms with E-state index in [0.29, 0.717) is 16.9 Å². The molecule has 1 heterocycles. The van der Waals surface area contributed by atoms with Gasteiger partial charge in [0.2, 0.25) is 0 Å². The normalized spacial score (nSPS) is 9.90. The van der Waals surface area contributed by atoms with Crippen molar-refractivity contribution >= 4 is 40.3 Å². The van der Waals surface area contributed by atoms with Crippen molar-refractivity contribution in [3.63, 3.8) is 0 Å². The van der Waals surface area contributed by atoms with Crippen molar-refractivity contribution in [1.82, 2.24) is 4.98 Å². The van der Waals surface area contributed by atoms with Gasteiger partial charge in [0.15, 0.2) is 0 Å². The number of hydrogen-bond donors (Lipinski definition) is 1. The Hall–Kier alpha value is -1.96. The first-order valence-corrected chi connectivity index (χ1v) is 6.79. The predicted octanol–water partition coefficient (Wildman–Crippen LogP) is 2.73. The van der Waals surface area contributed by atoms with Gasteiger partial charge in [0.1, 0.15) is 5.82 Å². The van der Waals surface area contributed by atoms with Gasteiger partial charge in [-0.05, 0) is 59.0 Å². The largest absolute Gasteiger partial charge is 0.465 e. The summed E-state index contributed by atoms with van der Waals surface area (Å²) in [6, 6.07) is 10.3. The first-order valence-electron chi connectivity index (χ1n) is 5.71. The lowest BCUT2D eigenvalue weighted by Crippen LogP contribution is -2.13. The van der Waals surface area contributed by atoms with Crippen LogP contribution in [0.1, 0.15) is 20.7 Å². The molecular formula is C14H11IN2O3. The van der Waals surface area contributed by atoms with Gasteiger partial charge in [0.05, 0.1) is 12.7 Å². The number of nitrogens with one attached hydrogen (secondary N) is 1. The van der Waals surface area contributed by atoms with Gasteiger partial charge in [-0.2, -0.15) is 0 Å². The highest BCUT2D eigenvalue weighted by molar-refractivity contribution is 14.1. The minimum Gasteiger partial charge on any atom is -0.465 e. The lowest BCUT2D eigenvalue weighted by Gasteiger charge is -2.05. The number of methoxy groups -OCH3 is 1. The Kier molecular flexibility index (Phi) is 4.67. The molecule has 0 fully saturated rings. The van der Waals surface area contributed by atoms with Crippen LogP contribution in [-0.4, -0.2) is 24.0 Å². The van der Waals surface area contributed by atoms with Gasteiger partial charge >= 0.3 is 5.97 Å². The van der Waals surface area contributed by atoms with Crippen molar-refractivity contribution in [2.24, 2.45) is 0 Å². The van der Waals surface area contributed by atoms with Crippen LogP contribution in [-0.2, 0) is 4.74 Å². The molecular weight excluding hydrogens is 371 g/mol. The topological polar surface area (TPSA) is 68.3 Å². The van der Waals surface area contributed by atoms with Gasteiger partial charge in [0.25, 0.3) is 5.91 Å². The number of carbonyl (C=O) groups is 2. The second kappa shape index (κ2) is 6.47. The maximum Gasteiger partial charge on any atom is 0.339 e. The molecule has 102 valence electrons. The maximum absolute atomic E-state index is 12.0. The Morgan fingerprint density at radius 2 is 1.75 bits per heavy atom. The van der Waals surface area contributed by atoms with Crippen molar-refractivity contribution in [2.75, 3.05) is 12.4 Å². The Morgan fingerprint density at radius 1 is 1.10 bits per heavy atom. The molecule has 0 bridgehead atoms. The van der Waals surface area contributed by atoms with Crippen molar-refractivity contribution in [3.05, 3.63) is 57.3 Å². The zero-order valence-corrected chi connectivity index (χ0v) is 12.7. The summed E-state index contributed by atoms with van der Waals surface area (Å²) < 4.78 is 5.63. The fraction of sp³-hybridized carbons (Fsp3) is 0.0714. The van der Waals surface area contributed by atoms with E-state index in [2.05, 4.69) is 37.6 Å². The average Bonchev–Trinajstić information content (AvgIpc) is 2.48. The molecule has 0 saturated heterocycles. The van der Waals surface area contributed by atoms with Crippen LogP contribution in [0.3, 0.4) is 0 Å². The van der Waals surface area contributed by atoms with E-state index in [4.69, 9.17) is 0 Å². The van der Waals surface area contributed by atoms with E-state index in [1.54, 1.807) is 24.3 Å². The first kappa shape index (κ1) is 14.4. The summed E-state index contributed by atoms with van der Waals surface area (Å²) in [4.78, 5) is 27.2. The molecule has 0 aliphatic heterocycles. The molecule has 2 aromatic rings. The van der Waals surface area contributed by atoms with Crippen molar-refractivity contribution < 1.29 is 14.3 Å². The van der Waals surface area contributed by atoms with Gasteiger partial charge in [0, 0.05) is 15.3 Å². The maximum atomic E-state index is 12.0. The van der Waals surface area contributed by atoms with Gasteiger partial charge in [-0.3, -0.25) is 4.79 Å². The van der Waals surface area contributed by atoms with E-state index in [-0.39, 0.29) is 5.91 Å². The fourth-order valence-electron chi connectivity index (χ4n) is 1.50. The van der Waals surface area contributed by atoms with E-state index in [0.717, 1.165) is 3.57 Å². The molecule has 1 amide bonds. The van der Waals surface area contributed by atoms with Gasteiger partial charge in [-0.1, -0.05) is 0 Å². The minimum atomic E-state index is -0.465. The number of amides is 1. The molecule has 0 atom stereocenters. The number of hydrogen-bond acceptors (Lipinski definition) is 4. The number of rotatable bonds is 3. The zero-order valence-electron chi connectivity index (χ0n) is 10.6. The number of benzene rings is 1. The number of halogens is 1. The monoisotopic (exact) mass is 382 g/mol. The molecule has 1 aromatic carbocycles. The highest BCUT2D eigenvalue weighted by Crippen LogP contribution is 2.10. The zero-order chi connectivity index (χ0) is 14.5. The molecule has 20 heavy (non-hydrogen) atoms. The Balaban J connectivity index is 2.08. The molecule has 0 aliphatic rings. The standard InChI is InChI=1S/C14H11IN2O3/c1-20-14(19)10-4-7-12(16-8-10)17-13(18)9-2-5-11(15)6-3-9/h2-8H,1H3,(H,16,17,18). The van der Waals surface area contributed by atoms with E-state index in [9.17, 15) is 9.59 Å². The number of aromatic nitrogens is 1. The van der Waals surface area contributed by atoms with E-state index in [1.165, 1.54) is 13.3 Å². The highest BCUT2D eigenvalue weighted by Gasteiger charge is 2.08. The Morgan fingerprint density at radius 3 is 2.30 bits per heavy atom. The lowest BCUT2D eigenvalue weighted by molar-refractivity contribution is 0.0600. The Bertz CT molecular complexity index is 624. The molecule has 6 heteroatoms. The van der Waals surface area contributed by atoms with Crippen LogP contribution in [0.5, 0.6) is 0 Å². The summed E-state index contributed by atoms with van der Waals surface area (Å²) in [6.45, 7) is 0. The molecule has 2 rings (SSSR count). The Labute approximate surface area is 129 Å². The number of anilines is 1. The average molecular weight is 382 g/mol. The summed E-state index contributed by atoms with van der Waals surface area (Å²) in [5, 5.41) is 2.66. The fourth-order valence-corrected chi connectivity index (χ4v) is 1.86. The van der Waals surface area contributed by atoms with Crippen LogP contribution in [0.25, 0.3) is 0 Å². The minimum absolute atomic E-state index is 0.250. The van der Waals surface area contributed by atoms with E-state index < -0.39 is 5.97 Å². The van der Waals surface area contributed by atoms with Crippen LogP contribution >= 0.6 is 22.6 Å². The predicted molar refractivity (Wildman–Crippen MR) is 82.7 cm³/mol. The molecule has 1 aromatic heterocycles. The van der Waals surface area contributed by atoms with Gasteiger partial charge in [-0.25, -0.2) is 9.78 Å². The van der Waals surface area contributed by atoms with Crippen LogP contribution in [0.4, 0.5) is 5.82 Å². The summed E-state index contributed by atoms with van der Waals surface area (Å²) in [7, 11) is 1.30. The van der Waals surface area contributed by atoms with Gasteiger partial charge < -0.3 is 10.1 Å². The van der Waals surface area contributed by atoms with E-state index in [1.807, 2.05) is 12.1 Å². The first-order chi connectivity index (χ1) is 9.60. The third-order valence-electron chi connectivity index (χ3n) is 2.53. The number of carbonyl (C=O) groups excluding carboxylic acids is 2. The van der Waals surface area contributed by atoms with Crippen LogP contribution in [0.2, 0.25) is 0 Å². The number of nitrogens with zero attached hydrogens (tertiary/aromatic N) is 1. The summed E-state index contributed by atoms with van der Waals surface area (Å²) in [5.41, 5.74) is 0.879. The van der Waals surface area contributed by atoms with Crippen LogP contribution in [0.15, 0.2) is 42.6 Å². The third-order valence-corrected chi connectivity index (χ3v) is 3.25. The summed E-state index contributed by atoms with van der Waals surface area (Å²) in [5.74, 6) is -0.339. The van der Waals surface area contributed by atoms with Crippen molar-refractivity contribution in [3.8, 4) is 0 Å². The number of ether oxygens (including phenoxy) is 1. The molecule has 5 nitrogen and oxygen atoms in total. The number of esters is 1. The van der Waals surface area contributed by atoms with Crippen LogP contribution in [0, 0.1) is 3.57 Å². The van der Waals surface area contributed by atoms with Crippen LogP contribution < -0.4 is 5.32 Å². The molecule has 0 aliphatic carbocycles. The molecule has 0 spiro atoms. The van der Waals surface area contributed by atoms with Crippen molar-refractivity contribution in [1.29, 1.82) is 0 Å². The molecule has 0 saturated carbocycles. The van der Waals surface area contributed by atoms with Gasteiger partial charge in [-0.15, -0.1) is 0 Å². The van der Waals surface area contributed by atoms with Crippen molar-refractivity contribution in [2.45, 2.75) is 0 Å². The quantitative estimate of drug-likeness (QED) is 0.655. The number of pyridine rings is 1. The second-order valence-electron chi connectivity index (χ2n) is 3.88. The smallest absolute Gasteiger partial charge is 0.339 e. The highest BCUT2D eigenvalue weighted by atomic mass is 127. The summed E-state index contributed by atoms with van der Waals surface area (Å²) in [6.07, 6.45) is 1.36. The second-order valence-corrected chi connectivity index (χ2v) is 5.13. The summed E-state index contributed by atoms with van der Waals surface area (Å²) >= 11 is 2.17. The molecule has 0 unspecified atom stereocenters. The SMILES string of the molecule is COC(=O)c1ccc(NC(=O)c2ccc(I)cc2)nc1. The molecule has 1 N–H and O–H groups in total. The van der Waals surface area contributed by atoms with E-state index >= 15 is 0 Å². The third kappa shape index (κ3) is 3.53. The lowest BCUT2D eigenvalue weighted by atomic mass is 10.2.